The number of unbranched alkanes of at least 4 members (excludes halogenated alkanes) is 4. The first-order chi connectivity index (χ1) is 8.29. The highest BCUT2D eigenvalue weighted by Crippen LogP contribution is 2.15. The zero-order chi connectivity index (χ0) is 12.9. The maximum Gasteiger partial charge on any atom is 0.00452 e. The first kappa shape index (κ1) is 16.7. The van der Waals surface area contributed by atoms with Crippen LogP contribution < -0.4 is 0 Å². The van der Waals surface area contributed by atoms with Crippen LogP contribution in [0.2, 0.25) is 0 Å². The van der Waals surface area contributed by atoms with Crippen LogP contribution in [-0.2, 0) is 6.42 Å². The van der Waals surface area contributed by atoms with Crippen molar-refractivity contribution < 1.29 is 0 Å². The number of hydrogen-bond donors (Lipinski definition) is 0. The number of aryl methyl sites for hydroxylation is 1. The van der Waals surface area contributed by atoms with Crippen molar-refractivity contribution in [2.75, 3.05) is 0 Å². The molecule has 0 amide bonds. The van der Waals surface area contributed by atoms with Crippen LogP contribution in [-0.4, -0.2) is 0 Å². The second-order valence-corrected chi connectivity index (χ2v) is 5.81. The quantitative estimate of drug-likeness (QED) is 0.477. The van der Waals surface area contributed by atoms with Crippen molar-refractivity contribution in [3.8, 4) is 0 Å². The van der Waals surface area contributed by atoms with E-state index in [4.69, 9.17) is 0 Å². The predicted molar refractivity (Wildman–Crippen MR) is 81.9 cm³/mol. The van der Waals surface area contributed by atoms with Gasteiger partial charge in [-0.25, -0.2) is 0 Å². The average molecular weight is 254 g/mol. The molecule has 0 saturated heterocycles. The normalized spacial score (nSPS) is 10.2. The van der Waals surface area contributed by atoms with E-state index in [-0.39, 0.29) is 0 Å². The maximum atomic E-state index is 2.32. The third-order valence-electron chi connectivity index (χ3n) is 2.78. The van der Waals surface area contributed by atoms with Gasteiger partial charge in [0.1, 0.15) is 0 Å². The molecule has 0 atom stereocenters. The smallest absolute Gasteiger partial charge is 0.00452 e. The van der Waals surface area contributed by atoms with Crippen LogP contribution >= 0.6 is 11.3 Å². The monoisotopic (exact) mass is 254 g/mol. The minimum Gasteiger partial charge on any atom is -0.149 e. The molecular weight excluding hydrogens is 224 g/mol. The Morgan fingerprint density at radius 2 is 1.65 bits per heavy atom. The van der Waals surface area contributed by atoms with Crippen molar-refractivity contribution in [3.05, 3.63) is 22.4 Å². The van der Waals surface area contributed by atoms with E-state index >= 15 is 0 Å². The second-order valence-electron chi connectivity index (χ2n) is 4.78. The molecule has 0 unspecified atom stereocenters. The molecule has 0 aliphatic heterocycles. The molecule has 1 heteroatoms. The van der Waals surface area contributed by atoms with Gasteiger partial charge in [0, 0.05) is 4.88 Å². The van der Waals surface area contributed by atoms with Crippen molar-refractivity contribution in [1.29, 1.82) is 0 Å². The van der Waals surface area contributed by atoms with Crippen molar-refractivity contribution in [2.45, 2.75) is 72.6 Å². The maximum absolute atomic E-state index is 2.32. The molecule has 0 fully saturated rings. The lowest BCUT2D eigenvalue weighted by molar-refractivity contribution is 0.515. The fourth-order valence-electron chi connectivity index (χ4n) is 1.84. The Morgan fingerprint density at radius 1 is 1.00 bits per heavy atom. The summed E-state index contributed by atoms with van der Waals surface area (Å²) < 4.78 is 0. The lowest BCUT2D eigenvalue weighted by Crippen LogP contribution is -1.87. The average Bonchev–Trinajstić information content (AvgIpc) is 2.83. The van der Waals surface area contributed by atoms with Crippen LogP contribution in [0.4, 0.5) is 0 Å². The Balaban J connectivity index is 0.00000121. The van der Waals surface area contributed by atoms with E-state index in [0.717, 1.165) is 5.92 Å². The lowest BCUT2D eigenvalue weighted by Gasteiger charge is -2.03. The minimum atomic E-state index is 0.885. The molecule has 1 aromatic heterocycles. The van der Waals surface area contributed by atoms with Gasteiger partial charge in [0.15, 0.2) is 0 Å². The van der Waals surface area contributed by atoms with Crippen molar-refractivity contribution in [3.63, 3.8) is 0 Å². The largest absolute Gasteiger partial charge is 0.149 e. The molecule has 100 valence electrons. The molecule has 0 aliphatic carbocycles. The van der Waals surface area contributed by atoms with Gasteiger partial charge in [0.2, 0.25) is 0 Å². The van der Waals surface area contributed by atoms with E-state index in [0.29, 0.717) is 0 Å². The third-order valence-corrected chi connectivity index (χ3v) is 3.72. The Hall–Kier alpha value is -0.300. The molecule has 0 bridgehead atoms. The van der Waals surface area contributed by atoms with Crippen LogP contribution in [0.3, 0.4) is 0 Å². The predicted octanol–water partition coefficient (Wildman–Crippen LogP) is 6.31. The molecule has 0 radical (unpaired) electrons. The van der Waals surface area contributed by atoms with E-state index < -0.39 is 0 Å². The SMILES string of the molecule is CC.CC(C)CCCCCCCc1cccs1. The summed E-state index contributed by atoms with van der Waals surface area (Å²) in [4.78, 5) is 1.55. The summed E-state index contributed by atoms with van der Waals surface area (Å²) in [5.74, 6) is 0.885. The van der Waals surface area contributed by atoms with Gasteiger partial charge in [-0.2, -0.15) is 0 Å². The molecule has 1 aromatic rings. The van der Waals surface area contributed by atoms with Crippen molar-refractivity contribution >= 4 is 11.3 Å². The first-order valence-corrected chi connectivity index (χ1v) is 8.19. The van der Waals surface area contributed by atoms with Crippen molar-refractivity contribution in [2.24, 2.45) is 5.92 Å². The molecule has 0 saturated carbocycles. The van der Waals surface area contributed by atoms with Gasteiger partial charge in [-0.05, 0) is 30.2 Å². The molecule has 0 nitrogen and oxygen atoms in total. The van der Waals surface area contributed by atoms with E-state index in [1.165, 1.54) is 44.9 Å². The summed E-state index contributed by atoms with van der Waals surface area (Å²) in [6.07, 6.45) is 9.78. The summed E-state index contributed by atoms with van der Waals surface area (Å²) >= 11 is 1.90. The van der Waals surface area contributed by atoms with Gasteiger partial charge in [-0.3, -0.25) is 0 Å². The molecule has 0 aliphatic rings. The summed E-state index contributed by atoms with van der Waals surface area (Å²) in [7, 11) is 0. The van der Waals surface area contributed by atoms with Gasteiger partial charge >= 0.3 is 0 Å². The summed E-state index contributed by atoms with van der Waals surface area (Å²) in [5, 5.41) is 2.18. The molecule has 0 spiro atoms. The number of rotatable bonds is 8. The second kappa shape index (κ2) is 12.2. The van der Waals surface area contributed by atoms with Crippen LogP contribution in [0.1, 0.15) is 71.1 Å². The summed E-state index contributed by atoms with van der Waals surface area (Å²) in [5.41, 5.74) is 0. The topological polar surface area (TPSA) is 0 Å². The van der Waals surface area contributed by atoms with Gasteiger partial charge in [-0.15, -0.1) is 11.3 Å². The highest BCUT2D eigenvalue weighted by atomic mass is 32.1. The zero-order valence-corrected chi connectivity index (χ0v) is 13.0. The van der Waals surface area contributed by atoms with Crippen LogP contribution in [0, 0.1) is 5.92 Å². The molecular formula is C16H30S. The zero-order valence-electron chi connectivity index (χ0n) is 12.2. The third kappa shape index (κ3) is 10.6. The number of hydrogen-bond acceptors (Lipinski definition) is 1. The number of thiophene rings is 1. The van der Waals surface area contributed by atoms with Gasteiger partial charge in [0.05, 0.1) is 0 Å². The highest BCUT2D eigenvalue weighted by Gasteiger charge is 1.96. The van der Waals surface area contributed by atoms with Crippen LogP contribution in [0.25, 0.3) is 0 Å². The fourth-order valence-corrected chi connectivity index (χ4v) is 2.59. The fraction of sp³-hybridized carbons (Fsp3) is 0.750. The minimum absolute atomic E-state index is 0.885. The molecule has 17 heavy (non-hydrogen) atoms. The van der Waals surface area contributed by atoms with Crippen molar-refractivity contribution in [1.82, 2.24) is 0 Å². The summed E-state index contributed by atoms with van der Waals surface area (Å²) in [6.45, 7) is 8.63. The Kier molecular flexibility index (Phi) is 12.0. The van der Waals surface area contributed by atoms with E-state index in [9.17, 15) is 0 Å². The van der Waals surface area contributed by atoms with Crippen LogP contribution in [0.5, 0.6) is 0 Å². The lowest BCUT2D eigenvalue weighted by atomic mass is 10.0. The van der Waals surface area contributed by atoms with E-state index in [1.54, 1.807) is 4.88 Å². The molecule has 1 rings (SSSR count). The summed E-state index contributed by atoms with van der Waals surface area (Å²) in [6, 6.07) is 4.41. The van der Waals surface area contributed by atoms with Gasteiger partial charge in [-0.1, -0.05) is 65.9 Å². The molecule has 0 N–H and O–H groups in total. The standard InChI is InChI=1S/C14H24S.C2H6/c1-13(2)9-6-4-3-5-7-10-14-11-8-12-15-14;1-2/h8,11-13H,3-7,9-10H2,1-2H3;1-2H3. The van der Waals surface area contributed by atoms with Gasteiger partial charge < -0.3 is 0 Å². The Morgan fingerprint density at radius 3 is 2.24 bits per heavy atom. The highest BCUT2D eigenvalue weighted by molar-refractivity contribution is 7.09. The van der Waals surface area contributed by atoms with Crippen LogP contribution in [0.15, 0.2) is 17.5 Å². The first-order valence-electron chi connectivity index (χ1n) is 7.31. The van der Waals surface area contributed by atoms with E-state index in [1.807, 2.05) is 25.2 Å². The van der Waals surface area contributed by atoms with Gasteiger partial charge in [0.25, 0.3) is 0 Å². The molecule has 0 aromatic carbocycles. The van der Waals surface area contributed by atoms with E-state index in [2.05, 4.69) is 31.4 Å². The Bertz CT molecular complexity index is 224. The Labute approximate surface area is 112 Å². The molecule has 1 heterocycles.